The van der Waals surface area contributed by atoms with Crippen LogP contribution < -0.4 is 0 Å². The zero-order chi connectivity index (χ0) is 13.9. The second-order valence-electron chi connectivity index (χ2n) is 2.85. The van der Waals surface area contributed by atoms with Gasteiger partial charge in [-0.05, 0) is 23.2 Å². The quantitative estimate of drug-likeness (QED) is 0.449. The number of epoxide rings is 1. The molecule has 0 spiro atoms. The van der Waals surface area contributed by atoms with Gasteiger partial charge in [-0.3, -0.25) is 9.47 Å². The molecule has 1 rings (SSSR count). The van der Waals surface area contributed by atoms with Crippen LogP contribution in [0.1, 0.15) is 0 Å². The van der Waals surface area contributed by atoms with Crippen LogP contribution in [-0.2, 0) is 9.47 Å². The topological polar surface area (TPSA) is 21.8 Å². The van der Waals surface area contributed by atoms with Gasteiger partial charge in [0.2, 0.25) is 0 Å². The minimum atomic E-state index is -5.79. The average Bonchev–Trinajstić information content (AvgIpc) is 2.47. The van der Waals surface area contributed by atoms with Crippen molar-refractivity contribution in [2.24, 2.45) is 0 Å². The molecule has 2 unspecified atom stereocenters. The maximum atomic E-state index is 12.6. The summed E-state index contributed by atoms with van der Waals surface area (Å²) in [7, 11) is 0. The lowest BCUT2D eigenvalue weighted by Gasteiger charge is -2.27. The van der Waals surface area contributed by atoms with Gasteiger partial charge in [0.1, 0.15) is 0 Å². The summed E-state index contributed by atoms with van der Waals surface area (Å²) in [6.45, 7) is 0. The minimum Gasteiger partial charge on any atom is -0.263 e. The molecular weight excluding hydrogens is 315 g/mol. The van der Waals surface area contributed by atoms with E-state index in [0.717, 1.165) is 0 Å². The first kappa shape index (κ1) is 15.0. The average molecular weight is 315 g/mol. The molecule has 1 saturated heterocycles. The van der Waals surface area contributed by atoms with Gasteiger partial charge in [-0.25, -0.2) is 0 Å². The van der Waals surface area contributed by atoms with Gasteiger partial charge in [0.25, 0.3) is 0 Å². The molecule has 2 atom stereocenters. The van der Waals surface area contributed by atoms with E-state index in [1.54, 1.807) is 0 Å². The van der Waals surface area contributed by atoms with Crippen LogP contribution in [-0.4, -0.2) is 28.8 Å². The highest BCUT2D eigenvalue weighted by molar-refractivity contribution is 6.31. The van der Waals surface area contributed by atoms with Crippen LogP contribution in [0, 0.1) is 0 Å². The van der Waals surface area contributed by atoms with Gasteiger partial charge in [-0.2, -0.15) is 35.1 Å². The molecule has 2 nitrogen and oxygen atoms in total. The molecule has 0 aromatic rings. The molecule has 17 heavy (non-hydrogen) atoms. The molecule has 0 bridgehead atoms. The van der Waals surface area contributed by atoms with Gasteiger partial charge in [-0.1, -0.05) is 0 Å². The highest BCUT2D eigenvalue weighted by Crippen LogP contribution is 2.62. The van der Waals surface area contributed by atoms with Crippen molar-refractivity contribution >= 4 is 23.2 Å². The van der Waals surface area contributed by atoms with Gasteiger partial charge in [0.05, 0.1) is 0 Å². The third kappa shape index (κ3) is 2.27. The normalized spacial score (nSPS) is 32.1. The van der Waals surface area contributed by atoms with Crippen LogP contribution in [0.2, 0.25) is 0 Å². The highest BCUT2D eigenvalue weighted by Gasteiger charge is 2.91. The standard InChI is InChI=1S/C5Cl2F8O2/c6-2(9,10)3(7,11)17-5(14,15)1(8)4(12,13)16-1. The van der Waals surface area contributed by atoms with E-state index in [0.29, 0.717) is 0 Å². The smallest absolute Gasteiger partial charge is 0.263 e. The van der Waals surface area contributed by atoms with Crippen molar-refractivity contribution in [1.82, 2.24) is 0 Å². The van der Waals surface area contributed by atoms with Gasteiger partial charge >= 0.3 is 28.8 Å². The van der Waals surface area contributed by atoms with Crippen LogP contribution >= 0.6 is 23.2 Å². The van der Waals surface area contributed by atoms with Gasteiger partial charge < -0.3 is 0 Å². The summed E-state index contributed by atoms with van der Waals surface area (Å²) in [6.07, 6.45) is -10.8. The summed E-state index contributed by atoms with van der Waals surface area (Å²) >= 11 is 8.03. The first-order chi connectivity index (χ1) is 7.16. The molecule has 1 fully saturated rings. The summed E-state index contributed by atoms with van der Waals surface area (Å²) < 4.78 is 104. The summed E-state index contributed by atoms with van der Waals surface area (Å²) in [5.41, 5.74) is 0. The molecule has 102 valence electrons. The number of ether oxygens (including phenoxy) is 2. The molecule has 1 aliphatic rings. The fraction of sp³-hybridized carbons (Fsp3) is 1.00. The fourth-order valence-corrected chi connectivity index (χ4v) is 0.800. The van der Waals surface area contributed by atoms with Crippen LogP contribution in [0.15, 0.2) is 0 Å². The Kier molecular flexibility index (Phi) is 3.08. The Balaban J connectivity index is 2.89. The predicted octanol–water partition coefficient (Wildman–Crippen LogP) is 3.58. The highest BCUT2D eigenvalue weighted by atomic mass is 35.5. The second kappa shape index (κ2) is 3.49. The van der Waals surface area contributed by atoms with E-state index in [1.165, 1.54) is 0 Å². The Morgan fingerprint density at radius 2 is 1.29 bits per heavy atom. The third-order valence-corrected chi connectivity index (χ3v) is 2.22. The first-order valence-electron chi connectivity index (χ1n) is 3.46. The van der Waals surface area contributed by atoms with Crippen LogP contribution in [0.25, 0.3) is 0 Å². The molecule has 0 aromatic carbocycles. The molecule has 0 N–H and O–H groups in total. The van der Waals surface area contributed by atoms with Crippen molar-refractivity contribution in [2.45, 2.75) is 28.8 Å². The molecule has 0 saturated carbocycles. The van der Waals surface area contributed by atoms with E-state index in [-0.39, 0.29) is 0 Å². The molecule has 0 radical (unpaired) electrons. The second-order valence-corrected chi connectivity index (χ2v) is 3.81. The Hall–Kier alpha value is -0.0600. The van der Waals surface area contributed by atoms with Crippen LogP contribution in [0.4, 0.5) is 35.1 Å². The Morgan fingerprint density at radius 1 is 0.941 bits per heavy atom. The lowest BCUT2D eigenvalue weighted by atomic mass is 10.3. The van der Waals surface area contributed by atoms with Crippen molar-refractivity contribution in [3.8, 4) is 0 Å². The number of hydrogen-bond donors (Lipinski definition) is 0. The number of rotatable bonds is 4. The summed E-state index contributed by atoms with van der Waals surface area (Å²) in [6, 6.07) is 0. The molecule has 0 aromatic heterocycles. The summed E-state index contributed by atoms with van der Waals surface area (Å²) in [4.78, 5) is 0. The van der Waals surface area contributed by atoms with Crippen molar-refractivity contribution in [2.75, 3.05) is 0 Å². The van der Waals surface area contributed by atoms with Crippen LogP contribution in [0.5, 0.6) is 0 Å². The molecule has 1 aliphatic heterocycles. The summed E-state index contributed by atoms with van der Waals surface area (Å²) in [5.74, 6) is -5.09. The molecule has 0 amide bonds. The van der Waals surface area contributed by atoms with E-state index in [9.17, 15) is 35.1 Å². The lowest BCUT2D eigenvalue weighted by molar-refractivity contribution is -0.378. The first-order valence-corrected chi connectivity index (χ1v) is 4.21. The monoisotopic (exact) mass is 314 g/mol. The van der Waals surface area contributed by atoms with Crippen molar-refractivity contribution < 1.29 is 44.6 Å². The maximum absolute atomic E-state index is 12.6. The Morgan fingerprint density at radius 3 is 1.53 bits per heavy atom. The van der Waals surface area contributed by atoms with Crippen LogP contribution in [0.3, 0.4) is 0 Å². The summed E-state index contributed by atoms with van der Waals surface area (Å²) in [5, 5.41) is -10.3. The van der Waals surface area contributed by atoms with Gasteiger partial charge in [-0.15, -0.1) is 0 Å². The molecule has 0 aliphatic carbocycles. The maximum Gasteiger partial charge on any atom is 0.427 e. The third-order valence-electron chi connectivity index (χ3n) is 1.56. The van der Waals surface area contributed by atoms with E-state index < -0.39 is 28.8 Å². The number of hydrogen-bond acceptors (Lipinski definition) is 2. The van der Waals surface area contributed by atoms with E-state index in [4.69, 9.17) is 0 Å². The zero-order valence-electron chi connectivity index (χ0n) is 7.10. The number of halogens is 10. The van der Waals surface area contributed by atoms with Gasteiger partial charge in [0.15, 0.2) is 0 Å². The Labute approximate surface area is 97.4 Å². The lowest BCUT2D eigenvalue weighted by Crippen LogP contribution is -2.49. The van der Waals surface area contributed by atoms with Crippen molar-refractivity contribution in [1.29, 1.82) is 0 Å². The van der Waals surface area contributed by atoms with Gasteiger partial charge in [0, 0.05) is 0 Å². The predicted molar refractivity (Wildman–Crippen MR) is 36.4 cm³/mol. The molecular formula is C5Cl2F8O2. The number of alkyl halides is 10. The minimum absolute atomic E-state index is 2.46. The van der Waals surface area contributed by atoms with Crippen molar-refractivity contribution in [3.63, 3.8) is 0 Å². The van der Waals surface area contributed by atoms with E-state index in [1.807, 2.05) is 0 Å². The SMILES string of the molecule is FC(F)(Cl)C(F)(Cl)OC(F)(F)C1(F)OC1(F)F. The zero-order valence-corrected chi connectivity index (χ0v) is 8.61. The fourth-order valence-electron chi connectivity index (χ4n) is 0.664. The van der Waals surface area contributed by atoms with E-state index in [2.05, 4.69) is 32.7 Å². The molecule has 12 heteroatoms. The van der Waals surface area contributed by atoms with E-state index >= 15 is 0 Å². The molecule has 1 heterocycles. The largest absolute Gasteiger partial charge is 0.427 e. The Bertz CT molecular complexity index is 328. The van der Waals surface area contributed by atoms with Crippen molar-refractivity contribution in [3.05, 3.63) is 0 Å².